The fourth-order valence-corrected chi connectivity index (χ4v) is 4.53. The van der Waals surface area contributed by atoms with E-state index in [-0.39, 0.29) is 17.2 Å². The lowest BCUT2D eigenvalue weighted by Gasteiger charge is -2.18. The van der Waals surface area contributed by atoms with Crippen molar-refractivity contribution >= 4 is 21.6 Å². The molecule has 0 fully saturated rings. The Kier molecular flexibility index (Phi) is 7.48. The molecule has 0 spiro atoms. The van der Waals surface area contributed by atoms with Crippen LogP contribution in [0.3, 0.4) is 0 Å². The summed E-state index contributed by atoms with van der Waals surface area (Å²) in [5, 5.41) is 15.2. The van der Waals surface area contributed by atoms with E-state index in [4.69, 9.17) is 0 Å². The first-order valence-electron chi connectivity index (χ1n) is 10.2. The number of benzene rings is 2. The van der Waals surface area contributed by atoms with Crippen molar-refractivity contribution in [2.24, 2.45) is 0 Å². The van der Waals surface area contributed by atoms with Crippen molar-refractivity contribution in [3.63, 3.8) is 0 Å². The maximum Gasteiger partial charge on any atom is 0.243 e. The molecule has 1 heterocycles. The van der Waals surface area contributed by atoms with Gasteiger partial charge in [0, 0.05) is 30.8 Å². The number of hydrogen-bond acceptors (Lipinski definition) is 6. The van der Waals surface area contributed by atoms with E-state index >= 15 is 0 Å². The number of amides is 1. The molecule has 0 bridgehead atoms. The summed E-state index contributed by atoms with van der Waals surface area (Å²) < 4.78 is 26.4. The Balaban J connectivity index is 1.50. The standard InChI is InChI=1S/C21H26N6O3S/c1-3-26(4-2)31(29,30)19-14-12-18(13-15-19)22-20(28)11-8-16-27-24-21(23-25-27)17-9-6-5-7-10-17/h5-7,9-10,12-15H,3-4,8,11,16H2,1-2H3,(H,22,28). The highest BCUT2D eigenvalue weighted by Gasteiger charge is 2.21. The smallest absolute Gasteiger partial charge is 0.243 e. The number of tetrazole rings is 1. The van der Waals surface area contributed by atoms with E-state index in [1.54, 1.807) is 26.0 Å². The highest BCUT2D eigenvalue weighted by Crippen LogP contribution is 2.18. The van der Waals surface area contributed by atoms with E-state index in [0.29, 0.717) is 37.6 Å². The van der Waals surface area contributed by atoms with E-state index in [2.05, 4.69) is 20.7 Å². The summed E-state index contributed by atoms with van der Waals surface area (Å²) in [6.07, 6.45) is 0.826. The van der Waals surface area contributed by atoms with Crippen LogP contribution in [-0.2, 0) is 21.4 Å². The maximum absolute atomic E-state index is 12.5. The monoisotopic (exact) mass is 442 g/mol. The van der Waals surface area contributed by atoms with Gasteiger partial charge in [0.2, 0.25) is 21.8 Å². The van der Waals surface area contributed by atoms with Crippen molar-refractivity contribution in [3.05, 3.63) is 54.6 Å². The second kappa shape index (κ2) is 10.3. The second-order valence-corrected chi connectivity index (χ2v) is 8.78. The molecule has 0 aliphatic carbocycles. The fourth-order valence-electron chi connectivity index (χ4n) is 3.07. The van der Waals surface area contributed by atoms with Crippen LogP contribution in [-0.4, -0.2) is 51.9 Å². The van der Waals surface area contributed by atoms with Crippen molar-refractivity contribution in [1.82, 2.24) is 24.5 Å². The molecule has 0 saturated carbocycles. The number of sulfonamides is 1. The number of aromatic nitrogens is 4. The van der Waals surface area contributed by atoms with Gasteiger partial charge >= 0.3 is 0 Å². The van der Waals surface area contributed by atoms with E-state index in [9.17, 15) is 13.2 Å². The van der Waals surface area contributed by atoms with Crippen molar-refractivity contribution in [3.8, 4) is 11.4 Å². The van der Waals surface area contributed by atoms with Crippen LogP contribution in [0.25, 0.3) is 11.4 Å². The van der Waals surface area contributed by atoms with Crippen LogP contribution in [0, 0.1) is 0 Å². The van der Waals surface area contributed by atoms with Gasteiger partial charge in [-0.3, -0.25) is 4.79 Å². The molecule has 3 rings (SSSR count). The fraction of sp³-hybridized carbons (Fsp3) is 0.333. The summed E-state index contributed by atoms with van der Waals surface area (Å²) in [6.45, 7) is 4.88. The predicted octanol–water partition coefficient (Wildman–Crippen LogP) is 2.79. The third-order valence-corrected chi connectivity index (χ3v) is 6.79. The number of hydrogen-bond donors (Lipinski definition) is 1. The maximum atomic E-state index is 12.5. The van der Waals surface area contributed by atoms with Crippen molar-refractivity contribution in [2.45, 2.75) is 38.1 Å². The van der Waals surface area contributed by atoms with Crippen LogP contribution < -0.4 is 5.32 Å². The lowest BCUT2D eigenvalue weighted by molar-refractivity contribution is -0.116. The second-order valence-electron chi connectivity index (χ2n) is 6.84. The van der Waals surface area contributed by atoms with Crippen LogP contribution in [0.2, 0.25) is 0 Å². The van der Waals surface area contributed by atoms with Gasteiger partial charge in [-0.1, -0.05) is 44.2 Å². The highest BCUT2D eigenvalue weighted by atomic mass is 32.2. The molecular formula is C21H26N6O3S. The van der Waals surface area contributed by atoms with E-state index < -0.39 is 10.0 Å². The summed E-state index contributed by atoms with van der Waals surface area (Å²) in [6, 6.07) is 15.8. The third kappa shape index (κ3) is 5.74. The average Bonchev–Trinajstić information content (AvgIpc) is 3.24. The molecule has 1 N–H and O–H groups in total. The zero-order valence-corrected chi connectivity index (χ0v) is 18.4. The Morgan fingerprint density at radius 1 is 1.03 bits per heavy atom. The zero-order valence-electron chi connectivity index (χ0n) is 17.6. The third-order valence-electron chi connectivity index (χ3n) is 4.73. The lowest BCUT2D eigenvalue weighted by Crippen LogP contribution is -2.30. The number of anilines is 1. The Bertz CT molecular complexity index is 1090. The Hall–Kier alpha value is -3.11. The molecule has 0 radical (unpaired) electrons. The first-order valence-corrected chi connectivity index (χ1v) is 11.6. The van der Waals surface area contributed by atoms with Gasteiger partial charge in [-0.25, -0.2) is 8.42 Å². The molecule has 3 aromatic rings. The van der Waals surface area contributed by atoms with Gasteiger partial charge in [0.15, 0.2) is 0 Å². The highest BCUT2D eigenvalue weighted by molar-refractivity contribution is 7.89. The van der Waals surface area contributed by atoms with Crippen LogP contribution in [0.5, 0.6) is 0 Å². The summed E-state index contributed by atoms with van der Waals surface area (Å²) in [5.74, 6) is 0.382. The van der Waals surface area contributed by atoms with E-state index in [1.807, 2.05) is 30.3 Å². The molecular weight excluding hydrogens is 416 g/mol. The van der Waals surface area contributed by atoms with Crippen LogP contribution in [0.1, 0.15) is 26.7 Å². The van der Waals surface area contributed by atoms with Gasteiger partial charge in [0.05, 0.1) is 11.4 Å². The number of carbonyl (C=O) groups excluding carboxylic acids is 1. The molecule has 31 heavy (non-hydrogen) atoms. The van der Waals surface area contributed by atoms with Gasteiger partial charge < -0.3 is 5.32 Å². The summed E-state index contributed by atoms with van der Waals surface area (Å²) in [7, 11) is -3.51. The van der Waals surface area contributed by atoms with Gasteiger partial charge in [-0.2, -0.15) is 9.10 Å². The van der Waals surface area contributed by atoms with Crippen LogP contribution in [0.15, 0.2) is 59.5 Å². The summed E-state index contributed by atoms with van der Waals surface area (Å²) >= 11 is 0. The number of aryl methyl sites for hydroxylation is 1. The van der Waals surface area contributed by atoms with Gasteiger partial charge in [0.1, 0.15) is 0 Å². The Morgan fingerprint density at radius 2 is 1.71 bits per heavy atom. The van der Waals surface area contributed by atoms with Gasteiger partial charge in [0.25, 0.3) is 0 Å². The quantitative estimate of drug-likeness (QED) is 0.517. The molecule has 10 heteroatoms. The normalized spacial score (nSPS) is 11.6. The predicted molar refractivity (Wildman–Crippen MR) is 118 cm³/mol. The zero-order chi connectivity index (χ0) is 22.3. The number of nitrogens with one attached hydrogen (secondary N) is 1. The van der Waals surface area contributed by atoms with Gasteiger partial charge in [-0.05, 0) is 35.9 Å². The first kappa shape index (κ1) is 22.6. The van der Waals surface area contributed by atoms with E-state index in [1.165, 1.54) is 21.2 Å². The molecule has 2 aromatic carbocycles. The van der Waals surface area contributed by atoms with Crippen LogP contribution >= 0.6 is 0 Å². The molecule has 0 unspecified atom stereocenters. The van der Waals surface area contributed by atoms with Crippen molar-refractivity contribution in [2.75, 3.05) is 18.4 Å². The first-order chi connectivity index (χ1) is 14.9. The molecule has 0 atom stereocenters. The van der Waals surface area contributed by atoms with Crippen molar-refractivity contribution < 1.29 is 13.2 Å². The number of rotatable bonds is 10. The van der Waals surface area contributed by atoms with Crippen LogP contribution in [0.4, 0.5) is 5.69 Å². The molecule has 0 aliphatic heterocycles. The molecule has 9 nitrogen and oxygen atoms in total. The number of nitrogens with zero attached hydrogens (tertiary/aromatic N) is 5. The molecule has 1 aromatic heterocycles. The summed E-state index contributed by atoms with van der Waals surface area (Å²) in [4.78, 5) is 13.9. The topological polar surface area (TPSA) is 110 Å². The molecule has 1 amide bonds. The number of carbonyl (C=O) groups is 1. The minimum atomic E-state index is -3.51. The minimum Gasteiger partial charge on any atom is -0.326 e. The molecule has 0 aliphatic rings. The minimum absolute atomic E-state index is 0.164. The van der Waals surface area contributed by atoms with Gasteiger partial charge in [-0.15, -0.1) is 10.2 Å². The largest absolute Gasteiger partial charge is 0.326 e. The lowest BCUT2D eigenvalue weighted by atomic mass is 10.2. The Labute approximate surface area is 182 Å². The summed E-state index contributed by atoms with van der Waals surface area (Å²) in [5.41, 5.74) is 1.44. The van der Waals surface area contributed by atoms with Crippen molar-refractivity contribution in [1.29, 1.82) is 0 Å². The van der Waals surface area contributed by atoms with E-state index in [0.717, 1.165) is 5.56 Å². The Morgan fingerprint density at radius 3 is 2.35 bits per heavy atom. The molecule has 164 valence electrons. The SMILES string of the molecule is CCN(CC)S(=O)(=O)c1ccc(NC(=O)CCCn2nnc(-c3ccccc3)n2)cc1. The average molecular weight is 443 g/mol. The molecule has 0 saturated heterocycles.